The summed E-state index contributed by atoms with van der Waals surface area (Å²) in [5.41, 5.74) is 2.81. The molecule has 8 nitrogen and oxygen atoms in total. The molecule has 1 aliphatic heterocycles. The molecule has 3 aromatic rings. The van der Waals surface area contributed by atoms with E-state index in [1.165, 1.54) is 0 Å². The van der Waals surface area contributed by atoms with E-state index in [4.69, 9.17) is 9.98 Å². The number of imidazole rings is 1. The lowest BCUT2D eigenvalue weighted by Gasteiger charge is -2.34. The molecule has 3 N–H and O–H groups in total. The van der Waals surface area contributed by atoms with Gasteiger partial charge in [-0.05, 0) is 31.5 Å². The number of hydrogen-bond donors (Lipinski definition) is 2. The fraction of sp³-hybridized carbons (Fsp3) is 0.333. The summed E-state index contributed by atoms with van der Waals surface area (Å²) in [5.74, 6) is 0. The Bertz CT molecular complexity index is 1080. The van der Waals surface area contributed by atoms with Crippen LogP contribution in [0.15, 0.2) is 55.0 Å². The highest BCUT2D eigenvalue weighted by molar-refractivity contribution is 7.89. The van der Waals surface area contributed by atoms with Gasteiger partial charge in [0.05, 0.1) is 6.33 Å². The summed E-state index contributed by atoms with van der Waals surface area (Å²) in [6, 6.07) is 13.2. The number of sulfonamides is 1. The molecule has 1 saturated heterocycles. The van der Waals surface area contributed by atoms with E-state index in [0.717, 1.165) is 5.56 Å². The second-order valence-electron chi connectivity index (χ2n) is 7.26. The Kier molecular flexibility index (Phi) is 4.08. The van der Waals surface area contributed by atoms with Crippen molar-refractivity contribution in [2.24, 2.45) is 5.14 Å². The van der Waals surface area contributed by atoms with Crippen LogP contribution in [0.2, 0.25) is 0 Å². The smallest absolute Gasteiger partial charge is 0.218 e. The topological polar surface area (TPSA) is 112 Å². The molecule has 2 aromatic heterocycles. The molecule has 1 aliphatic rings. The van der Waals surface area contributed by atoms with E-state index in [1.54, 1.807) is 37.0 Å². The van der Waals surface area contributed by atoms with Crippen LogP contribution in [0, 0.1) is 0 Å². The lowest BCUT2D eigenvalue weighted by atomic mass is 9.88. The number of hydrogen-bond acceptors (Lipinski definition) is 6. The first kappa shape index (κ1) is 18.1. The molecule has 4 rings (SSSR count). The first-order valence-electron chi connectivity index (χ1n) is 8.53. The van der Waals surface area contributed by atoms with Gasteiger partial charge in [-0.25, -0.2) is 23.5 Å². The van der Waals surface area contributed by atoms with Gasteiger partial charge in [-0.1, -0.05) is 30.3 Å². The molecule has 3 unspecified atom stereocenters. The predicted octanol–water partition coefficient (Wildman–Crippen LogP) is 1.30. The summed E-state index contributed by atoms with van der Waals surface area (Å²) in [6.45, 7) is 3.48. The number of hydroxylamine groups is 1. The van der Waals surface area contributed by atoms with Crippen molar-refractivity contribution >= 4 is 21.2 Å². The molecule has 9 heteroatoms. The number of primary sulfonamides is 1. The zero-order chi connectivity index (χ0) is 19.3. The van der Waals surface area contributed by atoms with Crippen LogP contribution in [0.25, 0.3) is 11.2 Å². The maximum Gasteiger partial charge on any atom is 0.218 e. The van der Waals surface area contributed by atoms with Gasteiger partial charge in [0.1, 0.15) is 22.0 Å². The molecule has 0 spiro atoms. The van der Waals surface area contributed by atoms with Crippen molar-refractivity contribution in [1.82, 2.24) is 20.0 Å². The third-order valence-corrected chi connectivity index (χ3v) is 6.70. The molecule has 3 heterocycles. The third-order valence-electron chi connectivity index (χ3n) is 5.09. The number of benzene rings is 1. The second kappa shape index (κ2) is 6.10. The van der Waals surface area contributed by atoms with E-state index < -0.39 is 26.5 Å². The van der Waals surface area contributed by atoms with E-state index in [2.05, 4.69) is 15.4 Å². The zero-order valence-corrected chi connectivity index (χ0v) is 15.8. The van der Waals surface area contributed by atoms with Crippen LogP contribution < -0.4 is 10.6 Å². The highest BCUT2D eigenvalue weighted by Gasteiger charge is 2.61. The summed E-state index contributed by atoms with van der Waals surface area (Å²) in [4.78, 5) is 14.6. The Hall–Kier alpha value is -2.33. The predicted molar refractivity (Wildman–Crippen MR) is 101 cm³/mol. The van der Waals surface area contributed by atoms with Crippen LogP contribution in [0.1, 0.15) is 19.4 Å². The van der Waals surface area contributed by atoms with Gasteiger partial charge in [0, 0.05) is 12.6 Å². The SMILES string of the molecule is CC1(Cc2ccccc2)ONC(C)(n2cnc3cccnc32)C1S(N)(=O)=O. The van der Waals surface area contributed by atoms with Gasteiger partial charge in [-0.15, -0.1) is 0 Å². The van der Waals surface area contributed by atoms with Crippen molar-refractivity contribution in [2.45, 2.75) is 36.8 Å². The first-order chi connectivity index (χ1) is 12.7. The molecule has 0 bridgehead atoms. The van der Waals surface area contributed by atoms with E-state index >= 15 is 0 Å². The summed E-state index contributed by atoms with van der Waals surface area (Å²) < 4.78 is 27.1. The molecule has 1 fully saturated rings. The maximum atomic E-state index is 12.7. The number of rotatable bonds is 4. The number of nitrogens with one attached hydrogen (secondary N) is 1. The Morgan fingerprint density at radius 3 is 2.63 bits per heavy atom. The van der Waals surface area contributed by atoms with Crippen LogP contribution in [0.5, 0.6) is 0 Å². The maximum absolute atomic E-state index is 12.7. The van der Waals surface area contributed by atoms with Crippen LogP contribution in [-0.4, -0.2) is 33.8 Å². The van der Waals surface area contributed by atoms with Crippen molar-refractivity contribution in [1.29, 1.82) is 0 Å². The Labute approximate surface area is 157 Å². The van der Waals surface area contributed by atoms with Crippen LogP contribution in [-0.2, 0) is 26.9 Å². The molecule has 142 valence electrons. The number of nitrogens with two attached hydrogens (primary N) is 1. The van der Waals surface area contributed by atoms with Crippen molar-refractivity contribution in [3.05, 3.63) is 60.6 Å². The molecule has 0 radical (unpaired) electrons. The lowest BCUT2D eigenvalue weighted by molar-refractivity contribution is -0.0550. The van der Waals surface area contributed by atoms with Crippen molar-refractivity contribution in [3.63, 3.8) is 0 Å². The van der Waals surface area contributed by atoms with Crippen molar-refractivity contribution in [2.75, 3.05) is 0 Å². The number of fused-ring (bicyclic) bond motifs is 1. The fourth-order valence-corrected chi connectivity index (χ4v) is 5.71. The minimum atomic E-state index is -4.00. The minimum absolute atomic E-state index is 0.373. The van der Waals surface area contributed by atoms with Crippen LogP contribution >= 0.6 is 0 Å². The molecule has 0 amide bonds. The van der Waals surface area contributed by atoms with Crippen molar-refractivity contribution < 1.29 is 13.3 Å². The quantitative estimate of drug-likeness (QED) is 0.698. The highest BCUT2D eigenvalue weighted by Crippen LogP contribution is 2.41. The highest BCUT2D eigenvalue weighted by atomic mass is 32.2. The number of aromatic nitrogens is 3. The van der Waals surface area contributed by atoms with Gasteiger partial charge in [0.25, 0.3) is 0 Å². The Balaban J connectivity index is 1.84. The Morgan fingerprint density at radius 1 is 1.19 bits per heavy atom. The zero-order valence-electron chi connectivity index (χ0n) is 15.0. The van der Waals surface area contributed by atoms with Gasteiger partial charge in [0.2, 0.25) is 10.0 Å². The largest absolute Gasteiger partial charge is 0.293 e. The van der Waals surface area contributed by atoms with E-state index in [0.29, 0.717) is 17.6 Å². The summed E-state index contributed by atoms with van der Waals surface area (Å²) in [7, 11) is -4.00. The van der Waals surface area contributed by atoms with Crippen molar-refractivity contribution in [3.8, 4) is 0 Å². The van der Waals surface area contributed by atoms with Gasteiger partial charge < -0.3 is 0 Å². The first-order valence-corrected chi connectivity index (χ1v) is 10.1. The third kappa shape index (κ3) is 2.92. The van der Waals surface area contributed by atoms with E-state index in [1.807, 2.05) is 36.4 Å². The molecular formula is C18H21N5O3S. The average molecular weight is 387 g/mol. The summed E-state index contributed by atoms with van der Waals surface area (Å²) >= 11 is 0. The van der Waals surface area contributed by atoms with E-state index in [9.17, 15) is 8.42 Å². The second-order valence-corrected chi connectivity index (χ2v) is 8.91. The fourth-order valence-electron chi connectivity index (χ4n) is 4.08. The minimum Gasteiger partial charge on any atom is -0.293 e. The lowest BCUT2D eigenvalue weighted by Crippen LogP contribution is -2.57. The van der Waals surface area contributed by atoms with Gasteiger partial charge in [-0.2, -0.15) is 5.48 Å². The normalized spacial score (nSPS) is 28.6. The number of pyridine rings is 1. The molecule has 27 heavy (non-hydrogen) atoms. The summed E-state index contributed by atoms with van der Waals surface area (Å²) in [6.07, 6.45) is 3.56. The monoisotopic (exact) mass is 387 g/mol. The number of nitrogens with zero attached hydrogens (tertiary/aromatic N) is 3. The van der Waals surface area contributed by atoms with E-state index in [-0.39, 0.29) is 0 Å². The molecule has 1 aromatic carbocycles. The van der Waals surface area contributed by atoms with Gasteiger partial charge in [-0.3, -0.25) is 9.40 Å². The van der Waals surface area contributed by atoms with Crippen LogP contribution in [0.3, 0.4) is 0 Å². The Morgan fingerprint density at radius 2 is 1.93 bits per heavy atom. The molecule has 0 saturated carbocycles. The average Bonchev–Trinajstić information content (AvgIpc) is 3.15. The van der Waals surface area contributed by atoms with Crippen LogP contribution in [0.4, 0.5) is 0 Å². The molecular weight excluding hydrogens is 366 g/mol. The summed E-state index contributed by atoms with van der Waals surface area (Å²) in [5, 5.41) is 4.62. The molecule has 3 atom stereocenters. The standard InChI is InChI=1S/C18H21N5O3S/c1-17(11-13-7-4-3-5-8-13)16(27(19,24)25)18(2,22-26-17)23-12-21-14-9-6-10-20-15(14)23/h3-10,12,16,22H,11H2,1-2H3,(H2,19,24,25). The molecule has 0 aliphatic carbocycles. The van der Waals surface area contributed by atoms with Gasteiger partial charge >= 0.3 is 0 Å². The van der Waals surface area contributed by atoms with Gasteiger partial charge in [0.15, 0.2) is 5.65 Å².